The van der Waals surface area contributed by atoms with E-state index in [1.807, 2.05) is 74.3 Å². The molecular weight excluding hydrogens is 679 g/mol. The zero-order chi connectivity index (χ0) is 37.9. The van der Waals surface area contributed by atoms with Gasteiger partial charge >= 0.3 is 6.09 Å². The molecule has 4 aliphatic rings. The number of benzene rings is 2. The maximum absolute atomic E-state index is 13.8. The quantitative estimate of drug-likeness (QED) is 0.165. The number of alkyl carbamates (subject to hydrolysis) is 1. The third-order valence-corrected chi connectivity index (χ3v) is 12.5. The molecule has 2 spiro atoms. The molecule has 11 heteroatoms. The van der Waals surface area contributed by atoms with Gasteiger partial charge in [-0.05, 0) is 91.5 Å². The Morgan fingerprint density at radius 2 is 1.43 bits per heavy atom. The van der Waals surface area contributed by atoms with Gasteiger partial charge in [0.1, 0.15) is 17.7 Å². The molecule has 4 fully saturated rings. The monoisotopic (exact) mass is 729 g/mol. The summed E-state index contributed by atoms with van der Waals surface area (Å²) in [5, 5.41) is 2.74. The molecule has 2 saturated carbocycles. The fourth-order valence-electron chi connectivity index (χ4n) is 8.35. The van der Waals surface area contributed by atoms with Crippen molar-refractivity contribution >= 4 is 28.9 Å². The van der Waals surface area contributed by atoms with Crippen LogP contribution in [0.4, 0.5) is 4.79 Å². The number of carbonyl (C=O) groups excluding carboxylic acids is 3. The third-order valence-electron chi connectivity index (χ3n) is 12.5. The van der Waals surface area contributed by atoms with Gasteiger partial charge < -0.3 is 29.8 Å². The molecule has 282 valence electrons. The number of aromatic nitrogens is 4. The van der Waals surface area contributed by atoms with Crippen molar-refractivity contribution in [3.05, 3.63) is 71.4 Å². The number of fused-ring (bicyclic) bond motifs is 1. The number of carbonyl (C=O) groups is 3. The van der Waals surface area contributed by atoms with E-state index in [9.17, 15) is 14.4 Å². The van der Waals surface area contributed by atoms with Gasteiger partial charge in [0, 0.05) is 41.9 Å². The molecular formula is C43H51N7O4. The van der Waals surface area contributed by atoms with E-state index in [-0.39, 0.29) is 46.6 Å². The molecule has 3 amide bonds. The molecule has 8 rings (SSSR count). The van der Waals surface area contributed by atoms with E-state index in [2.05, 4.69) is 45.9 Å². The van der Waals surface area contributed by atoms with Gasteiger partial charge in [-0.25, -0.2) is 14.8 Å². The summed E-state index contributed by atoms with van der Waals surface area (Å²) in [6, 6.07) is 13.2. The van der Waals surface area contributed by atoms with Gasteiger partial charge in [-0.2, -0.15) is 0 Å². The topological polar surface area (TPSA) is 136 Å². The van der Waals surface area contributed by atoms with Crippen LogP contribution < -0.4 is 5.32 Å². The molecule has 0 bridgehead atoms. The van der Waals surface area contributed by atoms with Gasteiger partial charge in [0.2, 0.25) is 11.8 Å². The molecule has 11 nitrogen and oxygen atoms in total. The lowest BCUT2D eigenvalue weighted by Crippen LogP contribution is -2.51. The molecule has 0 radical (unpaired) electrons. The second kappa shape index (κ2) is 13.6. The van der Waals surface area contributed by atoms with Crippen LogP contribution >= 0.6 is 0 Å². The van der Waals surface area contributed by atoms with Gasteiger partial charge in [-0.1, -0.05) is 58.6 Å². The SMILES string of the molecule is COC(=O)N[C@H](C(=O)N1CC2(CC2)C[C@H]1c1nc(-c2ccc(C#Cc3ccc4[nH]c([C@@H]5CC6(CC6)CN5C(=O)[C@@H](C)C(C)C)nc4c3)cc2)c[nH]1)C(C)C. The van der Waals surface area contributed by atoms with Crippen LogP contribution in [0.2, 0.25) is 0 Å². The average Bonchev–Trinajstić information content (AvgIpc) is 3.78. The minimum Gasteiger partial charge on any atom is -0.453 e. The zero-order valence-corrected chi connectivity index (χ0v) is 32.2. The smallest absolute Gasteiger partial charge is 0.407 e. The number of imidazole rings is 2. The number of methoxy groups -OCH3 is 1. The number of likely N-dealkylation sites (tertiary alicyclic amines) is 2. The van der Waals surface area contributed by atoms with Crippen molar-refractivity contribution in [2.24, 2.45) is 28.6 Å². The lowest BCUT2D eigenvalue weighted by molar-refractivity contribution is -0.137. The zero-order valence-electron chi connectivity index (χ0n) is 32.2. The van der Waals surface area contributed by atoms with E-state index in [1.165, 1.54) is 20.0 Å². The van der Waals surface area contributed by atoms with Crippen LogP contribution in [0.25, 0.3) is 22.3 Å². The lowest BCUT2D eigenvalue weighted by atomic mass is 9.96. The van der Waals surface area contributed by atoms with Crippen LogP contribution in [0.1, 0.15) is 108 Å². The summed E-state index contributed by atoms with van der Waals surface area (Å²) >= 11 is 0. The number of hydrogen-bond acceptors (Lipinski definition) is 6. The molecule has 2 saturated heterocycles. The Balaban J connectivity index is 0.959. The summed E-state index contributed by atoms with van der Waals surface area (Å²) < 4.78 is 4.80. The van der Waals surface area contributed by atoms with Crippen molar-refractivity contribution in [2.75, 3.05) is 20.2 Å². The predicted molar refractivity (Wildman–Crippen MR) is 206 cm³/mol. The summed E-state index contributed by atoms with van der Waals surface area (Å²) in [5.74, 6) is 8.55. The van der Waals surface area contributed by atoms with E-state index >= 15 is 0 Å². The minimum atomic E-state index is -0.677. The van der Waals surface area contributed by atoms with Crippen molar-refractivity contribution in [3.63, 3.8) is 0 Å². The van der Waals surface area contributed by atoms with Crippen LogP contribution in [0, 0.1) is 40.4 Å². The van der Waals surface area contributed by atoms with Crippen LogP contribution in [-0.2, 0) is 14.3 Å². The van der Waals surface area contributed by atoms with Crippen LogP contribution in [-0.4, -0.2) is 73.9 Å². The Bertz CT molecular complexity index is 2150. The van der Waals surface area contributed by atoms with Gasteiger partial charge in [0.15, 0.2) is 0 Å². The largest absolute Gasteiger partial charge is 0.453 e. The molecule has 2 aromatic heterocycles. The maximum atomic E-state index is 13.8. The first kappa shape index (κ1) is 35.9. The summed E-state index contributed by atoms with van der Waals surface area (Å²) in [7, 11) is 1.31. The Kier molecular flexibility index (Phi) is 9.06. The van der Waals surface area contributed by atoms with Gasteiger partial charge in [0.25, 0.3) is 0 Å². The number of hydrogen-bond donors (Lipinski definition) is 3. The van der Waals surface area contributed by atoms with Crippen molar-refractivity contribution in [1.82, 2.24) is 35.1 Å². The summed E-state index contributed by atoms with van der Waals surface area (Å²) in [5.41, 5.74) is 5.72. The van der Waals surface area contributed by atoms with Crippen LogP contribution in [0.5, 0.6) is 0 Å². The highest BCUT2D eigenvalue weighted by molar-refractivity contribution is 5.86. The Hall–Kier alpha value is -5.11. The molecule has 2 aliphatic carbocycles. The van der Waals surface area contributed by atoms with Gasteiger partial charge in [-0.3, -0.25) is 9.59 Å². The molecule has 3 N–H and O–H groups in total. The number of H-pyrrole nitrogens is 2. The molecule has 0 unspecified atom stereocenters. The molecule has 2 aromatic carbocycles. The highest BCUT2D eigenvalue weighted by atomic mass is 16.5. The van der Waals surface area contributed by atoms with E-state index in [4.69, 9.17) is 14.7 Å². The van der Waals surface area contributed by atoms with Gasteiger partial charge in [-0.15, -0.1) is 0 Å². The summed E-state index contributed by atoms with van der Waals surface area (Å²) in [4.78, 5) is 60.2. The first-order chi connectivity index (χ1) is 25.9. The van der Waals surface area contributed by atoms with Crippen molar-refractivity contribution in [2.45, 2.75) is 91.3 Å². The normalized spacial score (nSPS) is 21.8. The number of nitrogens with zero attached hydrogens (tertiary/aromatic N) is 4. The predicted octanol–water partition coefficient (Wildman–Crippen LogP) is 7.13. The maximum Gasteiger partial charge on any atom is 0.407 e. The number of amides is 3. The van der Waals surface area contributed by atoms with Gasteiger partial charge in [0.05, 0.1) is 35.9 Å². The van der Waals surface area contributed by atoms with E-state index in [0.717, 1.165) is 77.3 Å². The van der Waals surface area contributed by atoms with E-state index < -0.39 is 12.1 Å². The molecule has 4 aromatic rings. The molecule has 54 heavy (non-hydrogen) atoms. The highest BCUT2D eigenvalue weighted by Gasteiger charge is 2.56. The standard InChI is InChI=1S/C43H51N7O4/c1-25(2)27(5)39(51)49-23-43(17-18-43)21-35(49)38-45-31-14-11-29(19-32(31)46-38)8-7-28-9-12-30(13-10-28)33-22-44-37(47-33)34-20-42(15-16-42)24-50(34)40(52)36(26(3)4)48-41(53)54-6/h9-14,19,22,25-27,34-36H,15-18,20-21,23-24H2,1-6H3,(H,44,47)(H,45,46)(H,48,53)/t27-,34-,35-,36-/m0/s1. The first-order valence-corrected chi connectivity index (χ1v) is 19.5. The molecule has 2 aliphatic heterocycles. The Morgan fingerprint density at radius 1 is 0.815 bits per heavy atom. The second-order valence-electron chi connectivity index (χ2n) is 17.1. The second-order valence-corrected chi connectivity index (χ2v) is 17.1. The average molecular weight is 730 g/mol. The fraction of sp³-hybridized carbons (Fsp3) is 0.512. The number of aromatic amines is 2. The van der Waals surface area contributed by atoms with Crippen LogP contribution in [0.3, 0.4) is 0 Å². The number of rotatable bonds is 8. The minimum absolute atomic E-state index is 0.0182. The van der Waals surface area contributed by atoms with E-state index in [0.29, 0.717) is 12.5 Å². The molecule has 4 atom stereocenters. The summed E-state index contributed by atoms with van der Waals surface area (Å²) in [6.45, 7) is 11.6. The number of nitrogens with one attached hydrogen (secondary N) is 3. The lowest BCUT2D eigenvalue weighted by Gasteiger charge is -2.30. The summed E-state index contributed by atoms with van der Waals surface area (Å²) in [6.07, 6.45) is 7.68. The Labute approximate surface area is 317 Å². The fourth-order valence-corrected chi connectivity index (χ4v) is 8.35. The Morgan fingerprint density at radius 3 is 2.04 bits per heavy atom. The van der Waals surface area contributed by atoms with Crippen LogP contribution in [0.15, 0.2) is 48.7 Å². The van der Waals surface area contributed by atoms with Crippen molar-refractivity contribution in [1.29, 1.82) is 0 Å². The number of ether oxygens (including phenoxy) is 1. The van der Waals surface area contributed by atoms with Crippen molar-refractivity contribution in [3.8, 4) is 23.1 Å². The molecule has 4 heterocycles. The van der Waals surface area contributed by atoms with Crippen molar-refractivity contribution < 1.29 is 19.1 Å². The third kappa shape index (κ3) is 6.87. The highest BCUT2D eigenvalue weighted by Crippen LogP contribution is 2.59. The first-order valence-electron chi connectivity index (χ1n) is 19.5. The van der Waals surface area contributed by atoms with E-state index in [1.54, 1.807) is 0 Å².